The SMILES string of the molecule is CCN(CCO)CC(=O)N(CC)C1CCS(=O)(=O)C1. The van der Waals surface area contributed by atoms with Gasteiger partial charge in [-0.25, -0.2) is 8.42 Å². The van der Waals surface area contributed by atoms with Gasteiger partial charge in [0, 0.05) is 19.1 Å². The van der Waals surface area contributed by atoms with E-state index < -0.39 is 9.84 Å². The molecule has 1 fully saturated rings. The summed E-state index contributed by atoms with van der Waals surface area (Å²) in [6.45, 7) is 5.72. The van der Waals surface area contributed by atoms with Gasteiger partial charge >= 0.3 is 0 Å². The van der Waals surface area contributed by atoms with Crippen LogP contribution in [-0.4, -0.2) is 79.6 Å². The number of hydrogen-bond donors (Lipinski definition) is 1. The van der Waals surface area contributed by atoms with Crippen molar-refractivity contribution in [2.45, 2.75) is 26.3 Å². The average Bonchev–Trinajstić information content (AvgIpc) is 2.70. The number of rotatable bonds is 7. The van der Waals surface area contributed by atoms with Gasteiger partial charge in [0.15, 0.2) is 9.84 Å². The van der Waals surface area contributed by atoms with E-state index in [-0.39, 0.29) is 36.6 Å². The van der Waals surface area contributed by atoms with Gasteiger partial charge in [0.2, 0.25) is 5.91 Å². The summed E-state index contributed by atoms with van der Waals surface area (Å²) < 4.78 is 23.0. The molecule has 0 aromatic heterocycles. The highest BCUT2D eigenvalue weighted by Gasteiger charge is 2.34. The van der Waals surface area contributed by atoms with Crippen LogP contribution in [0, 0.1) is 0 Å². The number of likely N-dealkylation sites (N-methyl/N-ethyl adjacent to an activating group) is 2. The molecule has 1 unspecified atom stereocenters. The van der Waals surface area contributed by atoms with Gasteiger partial charge in [0.1, 0.15) is 0 Å². The molecule has 1 N–H and O–H groups in total. The van der Waals surface area contributed by atoms with E-state index >= 15 is 0 Å². The van der Waals surface area contributed by atoms with Crippen molar-refractivity contribution < 1.29 is 18.3 Å². The minimum Gasteiger partial charge on any atom is -0.395 e. The van der Waals surface area contributed by atoms with Gasteiger partial charge in [0.05, 0.1) is 24.7 Å². The fourth-order valence-electron chi connectivity index (χ4n) is 2.43. The molecule has 112 valence electrons. The molecule has 0 aromatic carbocycles. The second-order valence-corrected chi connectivity index (χ2v) is 7.06. The average molecular weight is 292 g/mol. The summed E-state index contributed by atoms with van der Waals surface area (Å²) in [5.41, 5.74) is 0. The first-order valence-corrected chi connectivity index (χ1v) is 8.58. The smallest absolute Gasteiger partial charge is 0.237 e. The first-order chi connectivity index (χ1) is 8.93. The zero-order chi connectivity index (χ0) is 14.5. The van der Waals surface area contributed by atoms with Crippen LogP contribution >= 0.6 is 0 Å². The summed E-state index contributed by atoms with van der Waals surface area (Å²) in [6, 6.07) is -0.185. The lowest BCUT2D eigenvalue weighted by Gasteiger charge is -2.29. The molecule has 1 amide bonds. The highest BCUT2D eigenvalue weighted by Crippen LogP contribution is 2.17. The largest absolute Gasteiger partial charge is 0.395 e. The van der Waals surface area contributed by atoms with E-state index in [1.807, 2.05) is 18.7 Å². The first kappa shape index (κ1) is 16.4. The van der Waals surface area contributed by atoms with Crippen molar-refractivity contribution in [3.8, 4) is 0 Å². The molecular weight excluding hydrogens is 268 g/mol. The van der Waals surface area contributed by atoms with Crippen LogP contribution in [0.25, 0.3) is 0 Å². The third kappa shape index (κ3) is 4.74. The molecular formula is C12H24N2O4S. The van der Waals surface area contributed by atoms with Crippen LogP contribution in [0.5, 0.6) is 0 Å². The molecule has 0 spiro atoms. The van der Waals surface area contributed by atoms with E-state index in [0.29, 0.717) is 26.1 Å². The Hall–Kier alpha value is -0.660. The van der Waals surface area contributed by atoms with Crippen LogP contribution < -0.4 is 0 Å². The Morgan fingerprint density at radius 1 is 1.32 bits per heavy atom. The maximum atomic E-state index is 12.2. The molecule has 0 aromatic rings. The molecule has 1 saturated heterocycles. The number of amides is 1. The van der Waals surface area contributed by atoms with Gasteiger partial charge in [-0.3, -0.25) is 9.69 Å². The number of carbonyl (C=O) groups is 1. The molecule has 19 heavy (non-hydrogen) atoms. The molecule has 1 aliphatic rings. The summed E-state index contributed by atoms with van der Waals surface area (Å²) in [6.07, 6.45) is 0.536. The van der Waals surface area contributed by atoms with Gasteiger partial charge in [-0.15, -0.1) is 0 Å². The molecule has 0 radical (unpaired) electrons. The maximum Gasteiger partial charge on any atom is 0.237 e. The predicted molar refractivity (Wildman–Crippen MR) is 73.6 cm³/mol. The number of carbonyl (C=O) groups excluding carboxylic acids is 1. The summed E-state index contributed by atoms with van der Waals surface area (Å²) >= 11 is 0. The van der Waals surface area contributed by atoms with E-state index in [4.69, 9.17) is 5.11 Å². The Bertz CT molecular complexity index is 397. The van der Waals surface area contributed by atoms with Crippen molar-refractivity contribution in [2.75, 3.05) is 44.3 Å². The normalized spacial score (nSPS) is 21.8. The third-order valence-electron chi connectivity index (χ3n) is 3.53. The summed E-state index contributed by atoms with van der Waals surface area (Å²) in [7, 11) is -2.98. The number of aliphatic hydroxyl groups excluding tert-OH is 1. The van der Waals surface area contributed by atoms with Crippen LogP contribution in [-0.2, 0) is 14.6 Å². The van der Waals surface area contributed by atoms with Gasteiger partial charge in [-0.2, -0.15) is 0 Å². The maximum absolute atomic E-state index is 12.2. The lowest BCUT2D eigenvalue weighted by molar-refractivity contribution is -0.134. The molecule has 1 heterocycles. The molecule has 1 rings (SSSR count). The Morgan fingerprint density at radius 3 is 2.42 bits per heavy atom. The number of hydrogen-bond acceptors (Lipinski definition) is 5. The van der Waals surface area contributed by atoms with Crippen LogP contribution in [0.1, 0.15) is 20.3 Å². The fraction of sp³-hybridized carbons (Fsp3) is 0.917. The van der Waals surface area contributed by atoms with Crippen LogP contribution in [0.3, 0.4) is 0 Å². The quantitative estimate of drug-likeness (QED) is 0.674. The lowest BCUT2D eigenvalue weighted by Crippen LogP contribution is -2.46. The van der Waals surface area contributed by atoms with E-state index in [2.05, 4.69) is 0 Å². The van der Waals surface area contributed by atoms with E-state index in [1.54, 1.807) is 4.90 Å². The number of nitrogens with zero attached hydrogens (tertiary/aromatic N) is 2. The van der Waals surface area contributed by atoms with Crippen molar-refractivity contribution in [3.63, 3.8) is 0 Å². The Morgan fingerprint density at radius 2 is 2.00 bits per heavy atom. The van der Waals surface area contributed by atoms with Gasteiger partial charge in [-0.05, 0) is 19.9 Å². The van der Waals surface area contributed by atoms with E-state index in [9.17, 15) is 13.2 Å². The van der Waals surface area contributed by atoms with Crippen LogP contribution in [0.15, 0.2) is 0 Å². The van der Waals surface area contributed by atoms with Gasteiger partial charge in [-0.1, -0.05) is 6.92 Å². The minimum absolute atomic E-state index is 0.0189. The van der Waals surface area contributed by atoms with Crippen molar-refractivity contribution >= 4 is 15.7 Å². The van der Waals surface area contributed by atoms with Crippen LogP contribution in [0.4, 0.5) is 0 Å². The first-order valence-electron chi connectivity index (χ1n) is 6.76. The molecule has 0 aliphatic carbocycles. The van der Waals surface area contributed by atoms with Gasteiger partial charge in [0.25, 0.3) is 0 Å². The van der Waals surface area contributed by atoms with Crippen molar-refractivity contribution in [3.05, 3.63) is 0 Å². The zero-order valence-corrected chi connectivity index (χ0v) is 12.5. The van der Waals surface area contributed by atoms with Gasteiger partial charge < -0.3 is 10.0 Å². The Balaban J connectivity index is 2.62. The molecule has 1 aliphatic heterocycles. The van der Waals surface area contributed by atoms with E-state index in [0.717, 1.165) is 0 Å². The van der Waals surface area contributed by atoms with Crippen molar-refractivity contribution in [1.82, 2.24) is 9.80 Å². The summed E-state index contributed by atoms with van der Waals surface area (Å²) in [4.78, 5) is 15.7. The predicted octanol–water partition coefficient (Wildman–Crippen LogP) is -0.664. The molecule has 6 nitrogen and oxygen atoms in total. The lowest BCUT2D eigenvalue weighted by atomic mass is 10.2. The van der Waals surface area contributed by atoms with Crippen LogP contribution in [0.2, 0.25) is 0 Å². The molecule has 0 bridgehead atoms. The molecule has 7 heteroatoms. The highest BCUT2D eigenvalue weighted by atomic mass is 32.2. The standard InChI is InChI=1S/C12H24N2O4S/c1-3-13(6-7-15)9-12(16)14(4-2)11-5-8-19(17,18)10-11/h11,15H,3-10H2,1-2H3. The minimum atomic E-state index is -2.98. The summed E-state index contributed by atoms with van der Waals surface area (Å²) in [5, 5.41) is 8.91. The third-order valence-corrected chi connectivity index (χ3v) is 5.28. The highest BCUT2D eigenvalue weighted by molar-refractivity contribution is 7.91. The molecule has 1 atom stereocenters. The molecule has 0 saturated carbocycles. The topological polar surface area (TPSA) is 77.9 Å². The second-order valence-electron chi connectivity index (χ2n) is 4.83. The summed E-state index contributed by atoms with van der Waals surface area (Å²) in [5.74, 6) is 0.203. The Kier molecular flexibility index (Phi) is 6.22. The fourth-order valence-corrected chi connectivity index (χ4v) is 4.16. The van der Waals surface area contributed by atoms with Crippen molar-refractivity contribution in [1.29, 1.82) is 0 Å². The van der Waals surface area contributed by atoms with Crippen molar-refractivity contribution in [2.24, 2.45) is 0 Å². The monoisotopic (exact) mass is 292 g/mol. The zero-order valence-electron chi connectivity index (χ0n) is 11.7. The number of aliphatic hydroxyl groups is 1. The number of sulfone groups is 1. The second kappa shape index (κ2) is 7.21. The Labute approximate surface area is 115 Å². The van der Waals surface area contributed by atoms with E-state index in [1.165, 1.54) is 0 Å².